The van der Waals surface area contributed by atoms with Crippen LogP contribution in [0.25, 0.3) is 0 Å². The van der Waals surface area contributed by atoms with Crippen molar-refractivity contribution in [2.75, 3.05) is 0 Å². The zero-order valence-corrected chi connectivity index (χ0v) is 10.3. The van der Waals surface area contributed by atoms with Crippen LogP contribution in [-0.4, -0.2) is 15.7 Å². The highest BCUT2D eigenvalue weighted by molar-refractivity contribution is 7.09. The van der Waals surface area contributed by atoms with Gasteiger partial charge in [0.2, 0.25) is 0 Å². The van der Waals surface area contributed by atoms with Gasteiger partial charge in [-0.25, -0.2) is 4.98 Å². The zero-order chi connectivity index (χ0) is 10.9. The molecule has 2 rings (SSSR count). The molecule has 1 aliphatic carbocycles. The number of hydrogen-bond acceptors (Lipinski definition) is 3. The third kappa shape index (κ3) is 2.79. The molecule has 0 aromatic carbocycles. The summed E-state index contributed by atoms with van der Waals surface area (Å²) in [5, 5.41) is 13.6. The van der Waals surface area contributed by atoms with Gasteiger partial charge >= 0.3 is 0 Å². The monoisotopic (exact) mass is 225 g/mol. The van der Waals surface area contributed by atoms with E-state index in [1.165, 1.54) is 0 Å². The average molecular weight is 225 g/mol. The van der Waals surface area contributed by atoms with Crippen LogP contribution in [-0.2, 0) is 6.42 Å². The Morgan fingerprint density at radius 3 is 2.73 bits per heavy atom. The van der Waals surface area contributed by atoms with E-state index in [-0.39, 0.29) is 0 Å². The van der Waals surface area contributed by atoms with Crippen LogP contribution >= 0.6 is 11.3 Å². The lowest BCUT2D eigenvalue weighted by Gasteiger charge is -2.34. The van der Waals surface area contributed by atoms with Crippen molar-refractivity contribution in [3.8, 4) is 0 Å². The number of thiazole rings is 1. The molecule has 0 aliphatic heterocycles. The Bertz CT molecular complexity index is 326. The Morgan fingerprint density at radius 2 is 2.20 bits per heavy atom. The molecule has 0 spiro atoms. The van der Waals surface area contributed by atoms with Crippen LogP contribution in [0.5, 0.6) is 0 Å². The highest BCUT2D eigenvalue weighted by Crippen LogP contribution is 2.34. The van der Waals surface area contributed by atoms with Crippen molar-refractivity contribution in [1.82, 2.24) is 4.98 Å². The van der Waals surface area contributed by atoms with Crippen molar-refractivity contribution >= 4 is 11.3 Å². The van der Waals surface area contributed by atoms with Crippen molar-refractivity contribution in [2.45, 2.75) is 51.6 Å². The summed E-state index contributed by atoms with van der Waals surface area (Å²) in [6.45, 7) is 4.29. The summed E-state index contributed by atoms with van der Waals surface area (Å²) in [6.07, 6.45) is 4.92. The molecule has 2 nitrogen and oxygen atoms in total. The summed E-state index contributed by atoms with van der Waals surface area (Å²) in [5.74, 6) is 0.780. The molecule has 1 aromatic heterocycles. The van der Waals surface area contributed by atoms with Gasteiger partial charge < -0.3 is 5.11 Å². The van der Waals surface area contributed by atoms with Crippen LogP contribution in [0.15, 0.2) is 5.38 Å². The molecular formula is C12H19NOS. The zero-order valence-electron chi connectivity index (χ0n) is 9.49. The molecule has 1 heterocycles. The van der Waals surface area contributed by atoms with E-state index < -0.39 is 5.60 Å². The summed E-state index contributed by atoms with van der Waals surface area (Å²) in [4.78, 5) is 4.43. The first-order chi connectivity index (χ1) is 7.07. The minimum absolute atomic E-state index is 0.479. The molecule has 15 heavy (non-hydrogen) atoms. The van der Waals surface area contributed by atoms with E-state index in [2.05, 4.69) is 17.3 Å². The Labute approximate surface area is 95.4 Å². The van der Waals surface area contributed by atoms with Crippen LogP contribution in [0.4, 0.5) is 0 Å². The maximum atomic E-state index is 10.4. The van der Waals surface area contributed by atoms with Gasteiger partial charge in [0.1, 0.15) is 0 Å². The molecule has 1 N–H and O–H groups in total. The van der Waals surface area contributed by atoms with E-state index in [1.807, 2.05) is 6.92 Å². The number of aryl methyl sites for hydroxylation is 1. The van der Waals surface area contributed by atoms with Crippen LogP contribution < -0.4 is 0 Å². The first-order valence-corrected chi connectivity index (χ1v) is 6.59. The normalized spacial score (nSPS) is 31.8. The number of aromatic nitrogens is 1. The minimum Gasteiger partial charge on any atom is -0.389 e. The van der Waals surface area contributed by atoms with E-state index in [4.69, 9.17) is 0 Å². The average Bonchev–Trinajstić information content (AvgIpc) is 2.57. The van der Waals surface area contributed by atoms with Crippen LogP contribution in [0.1, 0.15) is 43.3 Å². The molecule has 0 saturated heterocycles. The van der Waals surface area contributed by atoms with Gasteiger partial charge in [0, 0.05) is 11.8 Å². The lowest BCUT2D eigenvalue weighted by molar-refractivity contribution is -0.00734. The topological polar surface area (TPSA) is 33.1 Å². The van der Waals surface area contributed by atoms with Crippen LogP contribution in [0.3, 0.4) is 0 Å². The first-order valence-electron chi connectivity index (χ1n) is 5.71. The van der Waals surface area contributed by atoms with Gasteiger partial charge in [-0.1, -0.05) is 6.92 Å². The third-order valence-electron chi connectivity index (χ3n) is 3.38. The summed E-state index contributed by atoms with van der Waals surface area (Å²) >= 11 is 1.67. The SMILES string of the molecule is Cc1nc(CC2(O)CCC(C)CC2)cs1. The standard InChI is InChI=1S/C12H19NOS/c1-9-3-5-12(14,6-4-9)7-11-8-15-10(2)13-11/h8-9,14H,3-7H2,1-2H3. The summed E-state index contributed by atoms with van der Waals surface area (Å²) in [5.41, 5.74) is 0.585. The Kier molecular flexibility index (Phi) is 3.12. The lowest BCUT2D eigenvalue weighted by atomic mass is 9.77. The third-order valence-corrected chi connectivity index (χ3v) is 4.20. The largest absolute Gasteiger partial charge is 0.389 e. The Balaban J connectivity index is 1.99. The quantitative estimate of drug-likeness (QED) is 0.839. The highest BCUT2D eigenvalue weighted by Gasteiger charge is 2.32. The molecule has 1 fully saturated rings. The van der Waals surface area contributed by atoms with Crippen molar-refractivity contribution in [3.05, 3.63) is 16.1 Å². The highest BCUT2D eigenvalue weighted by atomic mass is 32.1. The molecule has 3 heteroatoms. The van der Waals surface area contributed by atoms with Crippen LogP contribution in [0.2, 0.25) is 0 Å². The Morgan fingerprint density at radius 1 is 1.53 bits per heavy atom. The molecular weight excluding hydrogens is 206 g/mol. The van der Waals surface area contributed by atoms with E-state index in [0.29, 0.717) is 0 Å². The van der Waals surface area contributed by atoms with E-state index >= 15 is 0 Å². The second-order valence-electron chi connectivity index (χ2n) is 4.94. The van der Waals surface area contributed by atoms with Gasteiger partial charge in [-0.2, -0.15) is 0 Å². The van der Waals surface area contributed by atoms with Crippen molar-refractivity contribution in [1.29, 1.82) is 0 Å². The summed E-state index contributed by atoms with van der Waals surface area (Å²) in [6, 6.07) is 0. The van der Waals surface area contributed by atoms with Gasteiger partial charge in [0.25, 0.3) is 0 Å². The van der Waals surface area contributed by atoms with Gasteiger partial charge in [0.15, 0.2) is 0 Å². The van der Waals surface area contributed by atoms with Crippen LogP contribution in [0, 0.1) is 12.8 Å². The second kappa shape index (κ2) is 4.22. The summed E-state index contributed by atoms with van der Waals surface area (Å²) < 4.78 is 0. The van der Waals surface area contributed by atoms with E-state index in [1.54, 1.807) is 11.3 Å². The van der Waals surface area contributed by atoms with E-state index in [9.17, 15) is 5.11 Å². The van der Waals surface area contributed by atoms with Gasteiger partial charge in [0.05, 0.1) is 16.3 Å². The lowest BCUT2D eigenvalue weighted by Crippen LogP contribution is -2.35. The maximum Gasteiger partial charge on any atom is 0.0897 e. The number of nitrogens with zero attached hydrogens (tertiary/aromatic N) is 1. The molecule has 1 saturated carbocycles. The fraction of sp³-hybridized carbons (Fsp3) is 0.750. The smallest absolute Gasteiger partial charge is 0.0897 e. The second-order valence-corrected chi connectivity index (χ2v) is 6.00. The van der Waals surface area contributed by atoms with Crippen molar-refractivity contribution < 1.29 is 5.11 Å². The molecule has 0 atom stereocenters. The Hall–Kier alpha value is -0.410. The number of rotatable bonds is 2. The van der Waals surface area contributed by atoms with E-state index in [0.717, 1.165) is 48.7 Å². The summed E-state index contributed by atoms with van der Waals surface area (Å²) in [7, 11) is 0. The minimum atomic E-state index is -0.479. The molecule has 84 valence electrons. The fourth-order valence-corrected chi connectivity index (χ4v) is 2.92. The molecule has 1 aliphatic rings. The molecule has 0 radical (unpaired) electrons. The molecule has 0 amide bonds. The number of aliphatic hydroxyl groups is 1. The van der Waals surface area contributed by atoms with Gasteiger partial charge in [-0.3, -0.25) is 0 Å². The van der Waals surface area contributed by atoms with Gasteiger partial charge in [-0.15, -0.1) is 11.3 Å². The van der Waals surface area contributed by atoms with Gasteiger partial charge in [-0.05, 0) is 38.5 Å². The van der Waals surface area contributed by atoms with Crippen molar-refractivity contribution in [3.63, 3.8) is 0 Å². The first kappa shape index (κ1) is 11.1. The molecule has 0 bridgehead atoms. The predicted octanol–water partition coefficient (Wildman–Crippen LogP) is 2.94. The van der Waals surface area contributed by atoms with Crippen molar-refractivity contribution in [2.24, 2.45) is 5.92 Å². The molecule has 0 unspecified atom stereocenters. The maximum absolute atomic E-state index is 10.4. The number of hydrogen-bond donors (Lipinski definition) is 1. The molecule has 1 aromatic rings. The fourth-order valence-electron chi connectivity index (χ4n) is 2.30. The predicted molar refractivity (Wildman–Crippen MR) is 63.1 cm³/mol.